The second-order valence-electron chi connectivity index (χ2n) is 6.85. The Morgan fingerprint density at radius 2 is 1.84 bits per heavy atom. The van der Waals surface area contributed by atoms with Crippen molar-refractivity contribution in [3.8, 4) is 0 Å². The molecule has 0 N–H and O–H groups in total. The van der Waals surface area contributed by atoms with E-state index >= 15 is 0 Å². The lowest BCUT2D eigenvalue weighted by atomic mass is 9.92. The van der Waals surface area contributed by atoms with Crippen molar-refractivity contribution in [1.82, 2.24) is 4.90 Å². The minimum atomic E-state index is -0.478. The molecular formula is C15H25NO3. The summed E-state index contributed by atoms with van der Waals surface area (Å²) >= 11 is 0. The minimum absolute atomic E-state index is 0.0305. The highest BCUT2D eigenvalue weighted by Gasteiger charge is 2.41. The molecule has 1 amide bonds. The lowest BCUT2D eigenvalue weighted by molar-refractivity contribution is -0.125. The molecule has 1 saturated heterocycles. The molecule has 1 aliphatic heterocycles. The first-order valence-electron chi connectivity index (χ1n) is 7.33. The normalized spacial score (nSPS) is 25.3. The van der Waals surface area contributed by atoms with Gasteiger partial charge in [-0.2, -0.15) is 0 Å². The van der Waals surface area contributed by atoms with E-state index in [9.17, 15) is 9.59 Å². The zero-order chi connectivity index (χ0) is 14.2. The minimum Gasteiger partial charge on any atom is -0.444 e. The number of hydrogen-bond donors (Lipinski definition) is 0. The summed E-state index contributed by atoms with van der Waals surface area (Å²) < 4.78 is 5.43. The SMILES string of the molecule is CC(C(=O)C1CC1)C1CCCN1C(=O)OC(C)(C)C. The summed E-state index contributed by atoms with van der Waals surface area (Å²) in [5.74, 6) is 0.541. The molecular weight excluding hydrogens is 242 g/mol. The van der Waals surface area contributed by atoms with Gasteiger partial charge in [-0.1, -0.05) is 6.92 Å². The first-order chi connectivity index (χ1) is 8.79. The molecule has 0 aromatic rings. The van der Waals surface area contributed by atoms with Crippen LogP contribution in [0.25, 0.3) is 0 Å². The zero-order valence-corrected chi connectivity index (χ0v) is 12.4. The highest BCUT2D eigenvalue weighted by Crippen LogP contribution is 2.36. The van der Waals surface area contributed by atoms with Gasteiger partial charge in [-0.05, 0) is 46.5 Å². The molecule has 4 heteroatoms. The zero-order valence-electron chi connectivity index (χ0n) is 12.4. The molecule has 0 aromatic carbocycles. The van der Waals surface area contributed by atoms with Crippen LogP contribution in [0, 0.1) is 11.8 Å². The van der Waals surface area contributed by atoms with E-state index in [0.29, 0.717) is 12.3 Å². The van der Waals surface area contributed by atoms with Crippen LogP contribution in [0.5, 0.6) is 0 Å². The fraction of sp³-hybridized carbons (Fsp3) is 0.867. The van der Waals surface area contributed by atoms with Crippen LogP contribution in [0.2, 0.25) is 0 Å². The van der Waals surface area contributed by atoms with Crippen molar-refractivity contribution in [3.05, 3.63) is 0 Å². The molecule has 2 unspecified atom stereocenters. The molecule has 2 aliphatic rings. The number of rotatable bonds is 3. The van der Waals surface area contributed by atoms with Crippen molar-refractivity contribution in [2.24, 2.45) is 11.8 Å². The Morgan fingerprint density at radius 3 is 2.37 bits per heavy atom. The van der Waals surface area contributed by atoms with Crippen LogP contribution in [-0.4, -0.2) is 35.0 Å². The van der Waals surface area contributed by atoms with Crippen LogP contribution >= 0.6 is 0 Å². The summed E-state index contributed by atoms with van der Waals surface area (Å²) in [5, 5.41) is 0. The highest BCUT2D eigenvalue weighted by atomic mass is 16.6. The summed E-state index contributed by atoms with van der Waals surface area (Å²) in [6, 6.07) is 0.0305. The monoisotopic (exact) mass is 267 g/mol. The Kier molecular flexibility index (Phi) is 3.88. The maximum absolute atomic E-state index is 12.2. The van der Waals surface area contributed by atoms with Gasteiger partial charge in [0.15, 0.2) is 0 Å². The molecule has 4 nitrogen and oxygen atoms in total. The molecule has 2 atom stereocenters. The largest absolute Gasteiger partial charge is 0.444 e. The molecule has 1 heterocycles. The highest BCUT2D eigenvalue weighted by molar-refractivity contribution is 5.86. The quantitative estimate of drug-likeness (QED) is 0.789. The fourth-order valence-corrected chi connectivity index (χ4v) is 2.79. The summed E-state index contributed by atoms with van der Waals surface area (Å²) in [4.78, 5) is 26.1. The van der Waals surface area contributed by atoms with Gasteiger partial charge in [0, 0.05) is 24.4 Å². The second kappa shape index (κ2) is 5.14. The standard InChI is InChI=1S/C15H25NO3/c1-10(13(17)11-7-8-11)12-6-5-9-16(12)14(18)19-15(2,3)4/h10-12H,5-9H2,1-4H3. The second-order valence-corrected chi connectivity index (χ2v) is 6.85. The maximum Gasteiger partial charge on any atom is 0.410 e. The molecule has 2 rings (SSSR count). The van der Waals surface area contributed by atoms with Crippen molar-refractivity contribution in [1.29, 1.82) is 0 Å². The lowest BCUT2D eigenvalue weighted by Gasteiger charge is -2.31. The predicted octanol–water partition coefficient (Wildman–Crippen LogP) is 3.00. The topological polar surface area (TPSA) is 46.6 Å². The van der Waals surface area contributed by atoms with E-state index in [4.69, 9.17) is 4.74 Å². The van der Waals surface area contributed by atoms with Crippen LogP contribution < -0.4 is 0 Å². The van der Waals surface area contributed by atoms with E-state index in [-0.39, 0.29) is 24.0 Å². The van der Waals surface area contributed by atoms with Gasteiger partial charge in [0.25, 0.3) is 0 Å². The third-order valence-corrected chi connectivity index (χ3v) is 3.93. The maximum atomic E-state index is 12.2. The average Bonchev–Trinajstić information content (AvgIpc) is 3.02. The Morgan fingerprint density at radius 1 is 1.21 bits per heavy atom. The van der Waals surface area contributed by atoms with E-state index in [1.165, 1.54) is 0 Å². The van der Waals surface area contributed by atoms with Crippen LogP contribution in [-0.2, 0) is 9.53 Å². The molecule has 19 heavy (non-hydrogen) atoms. The molecule has 0 aromatic heterocycles. The number of amides is 1. The number of ether oxygens (including phenoxy) is 1. The van der Waals surface area contributed by atoms with Crippen molar-refractivity contribution in [3.63, 3.8) is 0 Å². The van der Waals surface area contributed by atoms with Gasteiger partial charge in [0.2, 0.25) is 0 Å². The molecule has 2 fully saturated rings. The third kappa shape index (κ3) is 3.48. The van der Waals surface area contributed by atoms with Gasteiger partial charge in [0.05, 0.1) is 0 Å². The molecule has 0 bridgehead atoms. The molecule has 1 aliphatic carbocycles. The number of likely N-dealkylation sites (tertiary alicyclic amines) is 1. The van der Waals surface area contributed by atoms with Crippen LogP contribution in [0.3, 0.4) is 0 Å². The molecule has 0 radical (unpaired) electrons. The van der Waals surface area contributed by atoms with E-state index < -0.39 is 5.60 Å². The molecule has 1 saturated carbocycles. The van der Waals surface area contributed by atoms with Crippen LogP contribution in [0.4, 0.5) is 4.79 Å². The van der Waals surface area contributed by atoms with Gasteiger partial charge in [-0.15, -0.1) is 0 Å². The van der Waals surface area contributed by atoms with Gasteiger partial charge < -0.3 is 9.64 Å². The smallest absolute Gasteiger partial charge is 0.410 e. The number of carbonyl (C=O) groups excluding carboxylic acids is 2. The van der Waals surface area contributed by atoms with Crippen molar-refractivity contribution < 1.29 is 14.3 Å². The Labute approximate surface area is 115 Å². The number of hydrogen-bond acceptors (Lipinski definition) is 3. The van der Waals surface area contributed by atoms with Crippen molar-refractivity contribution in [2.45, 2.75) is 65.0 Å². The summed E-state index contributed by atoms with van der Waals surface area (Å²) in [6.45, 7) is 8.29. The first-order valence-corrected chi connectivity index (χ1v) is 7.33. The van der Waals surface area contributed by atoms with Crippen molar-refractivity contribution in [2.75, 3.05) is 6.54 Å². The van der Waals surface area contributed by atoms with Crippen LogP contribution in [0.1, 0.15) is 53.4 Å². The van der Waals surface area contributed by atoms with E-state index in [1.54, 1.807) is 4.90 Å². The number of carbonyl (C=O) groups is 2. The summed E-state index contributed by atoms with van der Waals surface area (Å²) in [5.41, 5.74) is -0.478. The Balaban J connectivity index is 1.99. The van der Waals surface area contributed by atoms with Crippen LogP contribution in [0.15, 0.2) is 0 Å². The molecule has 108 valence electrons. The van der Waals surface area contributed by atoms with Gasteiger partial charge >= 0.3 is 6.09 Å². The predicted molar refractivity (Wildman–Crippen MR) is 72.9 cm³/mol. The first kappa shape index (κ1) is 14.4. The summed E-state index contributed by atoms with van der Waals surface area (Å²) in [7, 11) is 0. The fourth-order valence-electron chi connectivity index (χ4n) is 2.79. The third-order valence-electron chi connectivity index (χ3n) is 3.93. The van der Waals surface area contributed by atoms with Gasteiger partial charge in [-0.25, -0.2) is 4.79 Å². The Bertz CT molecular complexity index is 368. The van der Waals surface area contributed by atoms with Gasteiger partial charge in [-0.3, -0.25) is 4.79 Å². The number of ketones is 1. The van der Waals surface area contributed by atoms with E-state index in [0.717, 1.165) is 25.7 Å². The van der Waals surface area contributed by atoms with E-state index in [1.807, 2.05) is 27.7 Å². The number of nitrogens with zero attached hydrogens (tertiary/aromatic N) is 1. The lowest BCUT2D eigenvalue weighted by Crippen LogP contribution is -2.44. The number of Topliss-reactive ketones (excluding diaryl/α,β-unsaturated/α-hetero) is 1. The van der Waals surface area contributed by atoms with E-state index in [2.05, 4.69) is 0 Å². The molecule has 0 spiro atoms. The van der Waals surface area contributed by atoms with Gasteiger partial charge in [0.1, 0.15) is 11.4 Å². The average molecular weight is 267 g/mol. The van der Waals surface area contributed by atoms with Crippen molar-refractivity contribution >= 4 is 11.9 Å². The summed E-state index contributed by atoms with van der Waals surface area (Å²) in [6.07, 6.45) is 3.67. The Hall–Kier alpha value is -1.06.